The summed E-state index contributed by atoms with van der Waals surface area (Å²) in [4.78, 5) is 14.4. The van der Waals surface area contributed by atoms with Crippen LogP contribution in [0.25, 0.3) is 0 Å². The predicted octanol–water partition coefficient (Wildman–Crippen LogP) is 1.79. The Labute approximate surface area is 115 Å². The molecule has 0 radical (unpaired) electrons. The van der Waals surface area contributed by atoms with Crippen molar-refractivity contribution in [3.8, 4) is 0 Å². The van der Waals surface area contributed by atoms with E-state index in [9.17, 15) is 4.79 Å². The number of nitrogens with zero attached hydrogens (tertiary/aromatic N) is 1. The Morgan fingerprint density at radius 3 is 2.79 bits per heavy atom. The second-order valence-electron chi connectivity index (χ2n) is 5.55. The van der Waals surface area contributed by atoms with Gasteiger partial charge >= 0.3 is 0 Å². The molecule has 1 aromatic rings. The molecule has 0 bridgehead atoms. The fourth-order valence-corrected chi connectivity index (χ4v) is 2.21. The molecule has 1 fully saturated rings. The summed E-state index contributed by atoms with van der Waals surface area (Å²) in [6.45, 7) is 4.75. The van der Waals surface area contributed by atoms with Crippen LogP contribution in [0.3, 0.4) is 0 Å². The molecule has 1 atom stereocenters. The molecule has 0 heterocycles. The topological polar surface area (TPSA) is 58.4 Å². The first-order chi connectivity index (χ1) is 8.99. The van der Waals surface area contributed by atoms with Gasteiger partial charge in [-0.2, -0.15) is 0 Å². The van der Waals surface area contributed by atoms with Gasteiger partial charge in [-0.1, -0.05) is 6.07 Å². The molecule has 1 aromatic carbocycles. The molecule has 0 aromatic heterocycles. The van der Waals surface area contributed by atoms with E-state index in [4.69, 9.17) is 5.73 Å². The molecule has 1 amide bonds. The molecular formula is C15H23N3O. The Kier molecular flexibility index (Phi) is 4.10. The number of nitrogens with one attached hydrogen (secondary N) is 1. The summed E-state index contributed by atoms with van der Waals surface area (Å²) < 4.78 is 0. The third-order valence-electron chi connectivity index (χ3n) is 3.83. The number of amides is 1. The van der Waals surface area contributed by atoms with Crippen LogP contribution in [0.5, 0.6) is 0 Å². The monoisotopic (exact) mass is 261 g/mol. The third kappa shape index (κ3) is 3.47. The first-order valence-electron chi connectivity index (χ1n) is 6.85. The van der Waals surface area contributed by atoms with Crippen LogP contribution in [0.4, 0.5) is 5.69 Å². The Morgan fingerprint density at radius 1 is 1.53 bits per heavy atom. The van der Waals surface area contributed by atoms with Crippen LogP contribution >= 0.6 is 0 Å². The van der Waals surface area contributed by atoms with E-state index in [2.05, 4.69) is 24.2 Å². The zero-order valence-electron chi connectivity index (χ0n) is 11.9. The molecule has 0 spiro atoms. The lowest BCUT2D eigenvalue weighted by atomic mass is 10.1. The minimum Gasteiger partial charge on any atom is -0.398 e. The first-order valence-corrected chi connectivity index (χ1v) is 6.85. The molecule has 0 saturated heterocycles. The van der Waals surface area contributed by atoms with Gasteiger partial charge in [0.2, 0.25) is 0 Å². The second-order valence-corrected chi connectivity index (χ2v) is 5.55. The highest BCUT2D eigenvalue weighted by Crippen LogP contribution is 2.26. The lowest BCUT2D eigenvalue weighted by Crippen LogP contribution is -2.41. The van der Waals surface area contributed by atoms with Gasteiger partial charge in [-0.25, -0.2) is 0 Å². The first kappa shape index (κ1) is 13.9. The van der Waals surface area contributed by atoms with Gasteiger partial charge in [0, 0.05) is 24.3 Å². The van der Waals surface area contributed by atoms with Crippen molar-refractivity contribution in [3.63, 3.8) is 0 Å². The van der Waals surface area contributed by atoms with Gasteiger partial charge in [0.15, 0.2) is 0 Å². The highest BCUT2D eigenvalue weighted by molar-refractivity contribution is 5.99. The van der Waals surface area contributed by atoms with Crippen molar-refractivity contribution in [1.82, 2.24) is 10.2 Å². The number of likely N-dealkylation sites (N-methyl/N-ethyl adjacent to an activating group) is 1. The molecule has 1 unspecified atom stereocenters. The molecular weight excluding hydrogens is 238 g/mol. The maximum absolute atomic E-state index is 12.1. The maximum Gasteiger partial charge on any atom is 0.253 e. The van der Waals surface area contributed by atoms with Crippen LogP contribution in [0.15, 0.2) is 18.2 Å². The van der Waals surface area contributed by atoms with Crippen molar-refractivity contribution >= 4 is 11.6 Å². The molecule has 1 saturated carbocycles. The van der Waals surface area contributed by atoms with Gasteiger partial charge in [0.1, 0.15) is 0 Å². The molecule has 1 aliphatic rings. The van der Waals surface area contributed by atoms with Crippen LogP contribution in [-0.2, 0) is 0 Å². The summed E-state index contributed by atoms with van der Waals surface area (Å²) in [5, 5.41) is 2.96. The summed E-state index contributed by atoms with van der Waals surface area (Å²) in [6.07, 6.45) is 2.55. The van der Waals surface area contributed by atoms with Crippen molar-refractivity contribution in [2.45, 2.75) is 38.8 Å². The lowest BCUT2D eigenvalue weighted by Gasteiger charge is -2.24. The largest absolute Gasteiger partial charge is 0.398 e. The van der Waals surface area contributed by atoms with E-state index >= 15 is 0 Å². The second kappa shape index (κ2) is 5.61. The van der Waals surface area contributed by atoms with E-state index < -0.39 is 0 Å². The summed E-state index contributed by atoms with van der Waals surface area (Å²) in [6, 6.07) is 6.58. The third-order valence-corrected chi connectivity index (χ3v) is 3.83. The summed E-state index contributed by atoms with van der Waals surface area (Å²) >= 11 is 0. The Hall–Kier alpha value is -1.55. The average Bonchev–Trinajstić information content (AvgIpc) is 3.18. The number of benzene rings is 1. The van der Waals surface area contributed by atoms with Crippen molar-refractivity contribution in [1.29, 1.82) is 0 Å². The van der Waals surface area contributed by atoms with Crippen LogP contribution in [0.2, 0.25) is 0 Å². The van der Waals surface area contributed by atoms with Crippen LogP contribution < -0.4 is 11.1 Å². The van der Waals surface area contributed by atoms with Gasteiger partial charge in [-0.05, 0) is 51.4 Å². The number of nitrogen functional groups attached to an aromatic ring is 1. The average molecular weight is 261 g/mol. The van der Waals surface area contributed by atoms with Gasteiger partial charge in [-0.3, -0.25) is 9.69 Å². The highest BCUT2D eigenvalue weighted by Gasteiger charge is 2.29. The van der Waals surface area contributed by atoms with Gasteiger partial charge < -0.3 is 11.1 Å². The zero-order chi connectivity index (χ0) is 14.0. The molecule has 2 rings (SSSR count). The van der Waals surface area contributed by atoms with E-state index in [1.54, 1.807) is 6.07 Å². The zero-order valence-corrected chi connectivity index (χ0v) is 11.9. The fraction of sp³-hybridized carbons (Fsp3) is 0.533. The summed E-state index contributed by atoms with van der Waals surface area (Å²) in [5.74, 6) is -0.0893. The number of anilines is 1. The molecule has 104 valence electrons. The number of hydrogen-bond acceptors (Lipinski definition) is 3. The number of rotatable bonds is 5. The number of carbonyl (C=O) groups is 1. The van der Waals surface area contributed by atoms with Crippen LogP contribution in [0.1, 0.15) is 35.7 Å². The van der Waals surface area contributed by atoms with E-state index in [-0.39, 0.29) is 5.91 Å². The van der Waals surface area contributed by atoms with E-state index in [1.807, 2.05) is 19.1 Å². The number of hydrogen-bond donors (Lipinski definition) is 2. The smallest absolute Gasteiger partial charge is 0.253 e. The fourth-order valence-electron chi connectivity index (χ4n) is 2.21. The number of nitrogens with two attached hydrogens (primary N) is 1. The molecule has 3 N–H and O–H groups in total. The van der Waals surface area contributed by atoms with Crippen molar-refractivity contribution < 1.29 is 4.79 Å². The molecule has 1 aliphatic carbocycles. The van der Waals surface area contributed by atoms with Crippen molar-refractivity contribution in [3.05, 3.63) is 29.3 Å². The minimum absolute atomic E-state index is 0.0893. The number of aryl methyl sites for hydroxylation is 1. The standard InChI is InChI=1S/C15H23N3O/c1-10-4-7-13(14(16)8-10)15(19)17-9-11(2)18(3)12-5-6-12/h4,7-8,11-12H,5-6,9,16H2,1-3H3,(H,17,19). The normalized spacial score (nSPS) is 16.4. The minimum atomic E-state index is -0.0893. The molecule has 4 heteroatoms. The Morgan fingerprint density at radius 2 is 2.21 bits per heavy atom. The number of carbonyl (C=O) groups excluding carboxylic acids is 1. The SMILES string of the molecule is Cc1ccc(C(=O)NCC(C)N(C)C2CC2)c(N)c1. The molecule has 4 nitrogen and oxygen atoms in total. The lowest BCUT2D eigenvalue weighted by molar-refractivity contribution is 0.0940. The quantitative estimate of drug-likeness (QED) is 0.794. The van der Waals surface area contributed by atoms with Crippen molar-refractivity contribution in [2.75, 3.05) is 19.3 Å². The molecule has 19 heavy (non-hydrogen) atoms. The Balaban J connectivity index is 1.89. The highest BCUT2D eigenvalue weighted by atomic mass is 16.1. The summed E-state index contributed by atoms with van der Waals surface area (Å²) in [7, 11) is 2.12. The van der Waals surface area contributed by atoms with Crippen LogP contribution in [-0.4, -0.2) is 36.5 Å². The van der Waals surface area contributed by atoms with Gasteiger partial charge in [-0.15, -0.1) is 0 Å². The Bertz CT molecular complexity index is 468. The van der Waals surface area contributed by atoms with Gasteiger partial charge in [0.05, 0.1) is 5.56 Å². The van der Waals surface area contributed by atoms with Gasteiger partial charge in [0.25, 0.3) is 5.91 Å². The predicted molar refractivity (Wildman–Crippen MR) is 78.2 cm³/mol. The van der Waals surface area contributed by atoms with E-state index in [0.29, 0.717) is 29.9 Å². The summed E-state index contributed by atoms with van der Waals surface area (Å²) in [5.41, 5.74) is 8.05. The van der Waals surface area contributed by atoms with Crippen molar-refractivity contribution in [2.24, 2.45) is 0 Å². The van der Waals surface area contributed by atoms with E-state index in [0.717, 1.165) is 5.56 Å². The van der Waals surface area contributed by atoms with Crippen LogP contribution in [0, 0.1) is 6.92 Å². The van der Waals surface area contributed by atoms with E-state index in [1.165, 1.54) is 12.8 Å². The molecule has 0 aliphatic heterocycles. The maximum atomic E-state index is 12.1.